The number of hydrogen-bond acceptors (Lipinski definition) is 5. The van der Waals surface area contributed by atoms with Crippen molar-refractivity contribution >= 4 is 22.8 Å². The van der Waals surface area contributed by atoms with Crippen molar-refractivity contribution in [2.45, 2.75) is 18.9 Å². The van der Waals surface area contributed by atoms with E-state index in [2.05, 4.69) is 16.0 Å². The second-order valence-corrected chi connectivity index (χ2v) is 6.54. The van der Waals surface area contributed by atoms with Crippen LogP contribution in [0.3, 0.4) is 0 Å². The smallest absolute Gasteiger partial charge is 0.335 e. The predicted octanol–water partition coefficient (Wildman–Crippen LogP) is 2.14. The maximum atomic E-state index is 12.4. The number of nitriles is 1. The maximum Gasteiger partial charge on any atom is 0.335 e. The van der Waals surface area contributed by atoms with Crippen molar-refractivity contribution in [1.29, 1.82) is 5.26 Å². The minimum Gasteiger partial charge on any atom is -0.478 e. The number of H-pyrrole nitrogens is 1. The van der Waals surface area contributed by atoms with Gasteiger partial charge in [0.1, 0.15) is 6.07 Å². The van der Waals surface area contributed by atoms with Gasteiger partial charge in [-0.2, -0.15) is 5.26 Å². The van der Waals surface area contributed by atoms with E-state index >= 15 is 0 Å². The second kappa shape index (κ2) is 6.61. The average molecular weight is 363 g/mol. The molecule has 8 nitrogen and oxygen atoms in total. The van der Waals surface area contributed by atoms with Gasteiger partial charge < -0.3 is 10.0 Å². The minimum atomic E-state index is -1.02. The van der Waals surface area contributed by atoms with E-state index in [0.29, 0.717) is 42.8 Å². The third-order valence-corrected chi connectivity index (χ3v) is 5.03. The van der Waals surface area contributed by atoms with Crippen LogP contribution in [-0.2, 0) is 0 Å². The van der Waals surface area contributed by atoms with Gasteiger partial charge in [0.05, 0.1) is 22.3 Å². The number of carbonyl (C=O) groups is 1. The van der Waals surface area contributed by atoms with E-state index in [1.807, 2.05) is 11.0 Å². The second-order valence-electron chi connectivity index (χ2n) is 6.54. The van der Waals surface area contributed by atoms with Crippen LogP contribution in [0.1, 0.15) is 34.8 Å². The number of nitrogens with zero attached hydrogens (tertiary/aromatic N) is 4. The molecule has 1 fully saturated rings. The molecule has 0 spiro atoms. The number of carboxylic acids is 1. The lowest BCUT2D eigenvalue weighted by Crippen LogP contribution is -2.37. The molecule has 0 aliphatic carbocycles. The van der Waals surface area contributed by atoms with E-state index in [-0.39, 0.29) is 17.3 Å². The number of nitrogens with one attached hydrogen (secondary N) is 1. The molecule has 1 aliphatic rings. The first-order valence-electron chi connectivity index (χ1n) is 8.66. The summed E-state index contributed by atoms with van der Waals surface area (Å²) in [6.07, 6.45) is 3.07. The molecule has 1 aromatic carbocycles. The van der Waals surface area contributed by atoms with Gasteiger partial charge in [0.15, 0.2) is 5.65 Å². The summed E-state index contributed by atoms with van der Waals surface area (Å²) in [4.78, 5) is 32.6. The number of piperidine rings is 1. The van der Waals surface area contributed by atoms with Crippen LogP contribution in [0.2, 0.25) is 0 Å². The number of benzene rings is 1. The number of imidazole rings is 1. The summed E-state index contributed by atoms with van der Waals surface area (Å²) < 4.78 is 1.75. The Kier molecular flexibility index (Phi) is 4.12. The molecule has 2 N–H and O–H groups in total. The largest absolute Gasteiger partial charge is 0.478 e. The van der Waals surface area contributed by atoms with Gasteiger partial charge in [0.25, 0.3) is 0 Å². The zero-order valence-corrected chi connectivity index (χ0v) is 14.4. The molecule has 0 bridgehead atoms. The Balaban J connectivity index is 1.60. The van der Waals surface area contributed by atoms with Gasteiger partial charge in [-0.05, 0) is 43.2 Å². The van der Waals surface area contributed by atoms with Crippen LogP contribution in [0, 0.1) is 11.3 Å². The Hall–Kier alpha value is -3.60. The Morgan fingerprint density at radius 3 is 2.78 bits per heavy atom. The third-order valence-electron chi connectivity index (χ3n) is 5.03. The van der Waals surface area contributed by atoms with E-state index in [9.17, 15) is 20.0 Å². The first-order chi connectivity index (χ1) is 13.1. The van der Waals surface area contributed by atoms with Gasteiger partial charge >= 0.3 is 11.7 Å². The summed E-state index contributed by atoms with van der Waals surface area (Å²) >= 11 is 0. The van der Waals surface area contributed by atoms with Crippen LogP contribution >= 0.6 is 0 Å². The first-order valence-corrected chi connectivity index (χ1v) is 8.66. The molecule has 0 amide bonds. The molecule has 3 aromatic rings. The summed E-state index contributed by atoms with van der Waals surface area (Å²) in [5.41, 5.74) is 2.42. The van der Waals surface area contributed by atoms with Crippen molar-refractivity contribution in [2.24, 2.45) is 0 Å². The molecule has 0 unspecified atom stereocenters. The maximum absolute atomic E-state index is 12.4. The minimum absolute atomic E-state index is 0.0277. The normalized spacial score (nSPS) is 15.0. The van der Waals surface area contributed by atoms with Crippen LogP contribution in [-0.4, -0.2) is 38.7 Å². The number of pyridine rings is 1. The highest BCUT2D eigenvalue weighted by Gasteiger charge is 2.25. The Morgan fingerprint density at radius 2 is 2.07 bits per heavy atom. The molecule has 0 radical (unpaired) electrons. The number of anilines is 1. The Morgan fingerprint density at radius 1 is 1.30 bits per heavy atom. The summed E-state index contributed by atoms with van der Waals surface area (Å²) in [7, 11) is 0. The molecule has 3 heterocycles. The number of hydrogen-bond donors (Lipinski definition) is 2. The van der Waals surface area contributed by atoms with Crippen molar-refractivity contribution in [2.75, 3.05) is 18.0 Å². The van der Waals surface area contributed by atoms with Crippen LogP contribution < -0.4 is 10.6 Å². The van der Waals surface area contributed by atoms with Crippen molar-refractivity contribution < 1.29 is 9.90 Å². The quantitative estimate of drug-likeness (QED) is 0.737. The van der Waals surface area contributed by atoms with E-state index in [4.69, 9.17) is 0 Å². The molecule has 4 rings (SSSR count). The number of fused-ring (bicyclic) bond motifs is 1. The van der Waals surface area contributed by atoms with Crippen LogP contribution in [0.4, 0.5) is 5.69 Å². The van der Waals surface area contributed by atoms with E-state index in [0.717, 1.165) is 5.52 Å². The van der Waals surface area contributed by atoms with Crippen LogP contribution in [0.25, 0.3) is 11.2 Å². The number of aromatic nitrogens is 3. The molecule has 8 heteroatoms. The first kappa shape index (κ1) is 16.8. The zero-order chi connectivity index (χ0) is 19.0. The molecule has 1 saturated heterocycles. The average Bonchev–Trinajstić information content (AvgIpc) is 3.03. The van der Waals surface area contributed by atoms with Crippen LogP contribution in [0.15, 0.2) is 41.3 Å². The molecule has 27 heavy (non-hydrogen) atoms. The SMILES string of the molecule is N#Cc1ccc(C(=O)O)cc1N1CCC(n2c(=O)[nH]c3ncccc32)CC1. The lowest BCUT2D eigenvalue weighted by atomic mass is 10.0. The Labute approximate surface area is 154 Å². The highest BCUT2D eigenvalue weighted by atomic mass is 16.4. The van der Waals surface area contributed by atoms with Gasteiger partial charge in [0.2, 0.25) is 0 Å². The molecule has 136 valence electrons. The summed E-state index contributed by atoms with van der Waals surface area (Å²) in [6.45, 7) is 1.25. The number of rotatable bonds is 3. The van der Waals surface area contributed by atoms with Crippen LogP contribution in [0.5, 0.6) is 0 Å². The van der Waals surface area contributed by atoms with Crippen molar-refractivity contribution in [3.63, 3.8) is 0 Å². The van der Waals surface area contributed by atoms with Gasteiger partial charge in [-0.3, -0.25) is 9.55 Å². The number of aromatic carboxylic acids is 1. The highest BCUT2D eigenvalue weighted by molar-refractivity contribution is 5.89. The van der Waals surface area contributed by atoms with Gasteiger partial charge in [-0.1, -0.05) is 0 Å². The molecular formula is C19H17N5O3. The zero-order valence-electron chi connectivity index (χ0n) is 14.4. The van der Waals surface area contributed by atoms with Crippen molar-refractivity contribution in [3.8, 4) is 6.07 Å². The summed E-state index contributed by atoms with van der Waals surface area (Å²) in [5, 5.41) is 18.6. The standard InChI is InChI=1S/C19H17N5O3/c20-11-13-4-3-12(18(25)26)10-16(13)23-8-5-14(6-9-23)24-15-2-1-7-21-17(15)22-19(24)27/h1-4,7,10,14H,5-6,8-9H2,(H,25,26)(H,21,22,27). The summed E-state index contributed by atoms with van der Waals surface area (Å²) in [5.74, 6) is -1.02. The monoisotopic (exact) mass is 363 g/mol. The van der Waals surface area contributed by atoms with Gasteiger partial charge in [-0.25, -0.2) is 14.6 Å². The van der Waals surface area contributed by atoms with Crippen molar-refractivity contribution in [1.82, 2.24) is 14.5 Å². The molecule has 2 aromatic heterocycles. The van der Waals surface area contributed by atoms with E-state index < -0.39 is 5.97 Å². The predicted molar refractivity (Wildman–Crippen MR) is 99.0 cm³/mol. The lowest BCUT2D eigenvalue weighted by molar-refractivity contribution is 0.0697. The molecule has 0 atom stereocenters. The topological polar surface area (TPSA) is 115 Å². The molecular weight excluding hydrogens is 346 g/mol. The lowest BCUT2D eigenvalue weighted by Gasteiger charge is -2.34. The third kappa shape index (κ3) is 2.93. The number of aromatic amines is 1. The van der Waals surface area contributed by atoms with Gasteiger partial charge in [-0.15, -0.1) is 0 Å². The van der Waals surface area contributed by atoms with Gasteiger partial charge in [0, 0.05) is 25.3 Å². The fourth-order valence-corrected chi connectivity index (χ4v) is 3.71. The van der Waals surface area contributed by atoms with Crippen molar-refractivity contribution in [3.05, 3.63) is 58.1 Å². The van der Waals surface area contributed by atoms with E-state index in [1.54, 1.807) is 29.0 Å². The fourth-order valence-electron chi connectivity index (χ4n) is 3.71. The highest BCUT2D eigenvalue weighted by Crippen LogP contribution is 2.30. The van der Waals surface area contributed by atoms with E-state index in [1.165, 1.54) is 6.07 Å². The summed E-state index contributed by atoms with van der Waals surface area (Å²) in [6, 6.07) is 10.4. The fraction of sp³-hybridized carbons (Fsp3) is 0.263. The molecule has 0 saturated carbocycles. The number of carboxylic acid groups (broad SMARTS) is 1. The Bertz CT molecular complexity index is 1120. The molecule has 1 aliphatic heterocycles.